The third kappa shape index (κ3) is 6.14. The van der Waals surface area contributed by atoms with E-state index in [1.165, 1.54) is 0 Å². The molecule has 5 nitrogen and oxygen atoms in total. The summed E-state index contributed by atoms with van der Waals surface area (Å²) in [6.45, 7) is 6.66. The number of carboxylic acids is 1. The molecule has 0 aromatic rings. The Hall–Kier alpha value is -1.26. The highest BCUT2D eigenvalue weighted by atomic mass is 16.4. The molecule has 0 aliphatic rings. The fourth-order valence-electron chi connectivity index (χ4n) is 1.48. The van der Waals surface area contributed by atoms with Crippen molar-refractivity contribution in [3.8, 4) is 0 Å². The molecular formula is C12H24N2O3. The number of rotatable bonds is 7. The maximum absolute atomic E-state index is 11.7. The van der Waals surface area contributed by atoms with E-state index >= 15 is 0 Å². The minimum Gasteiger partial charge on any atom is -0.480 e. The van der Waals surface area contributed by atoms with E-state index in [4.69, 9.17) is 5.11 Å². The SMILES string of the molecule is CCC[C@H](NC(=O)N(C)CC(C)CC)C(=O)O. The van der Waals surface area contributed by atoms with E-state index in [9.17, 15) is 9.59 Å². The van der Waals surface area contributed by atoms with Crippen molar-refractivity contribution in [3.63, 3.8) is 0 Å². The van der Waals surface area contributed by atoms with Crippen molar-refractivity contribution < 1.29 is 14.7 Å². The van der Waals surface area contributed by atoms with Gasteiger partial charge in [-0.2, -0.15) is 0 Å². The first-order valence-electron chi connectivity index (χ1n) is 6.16. The first-order valence-corrected chi connectivity index (χ1v) is 6.16. The van der Waals surface area contributed by atoms with Crippen molar-refractivity contribution in [2.45, 2.75) is 46.1 Å². The molecule has 5 heteroatoms. The Morgan fingerprint density at radius 2 is 1.94 bits per heavy atom. The molecule has 2 amide bonds. The van der Waals surface area contributed by atoms with E-state index in [1.54, 1.807) is 11.9 Å². The van der Waals surface area contributed by atoms with Gasteiger partial charge in [0, 0.05) is 13.6 Å². The van der Waals surface area contributed by atoms with E-state index in [0.29, 0.717) is 18.9 Å². The summed E-state index contributed by atoms with van der Waals surface area (Å²) in [5.41, 5.74) is 0. The van der Waals surface area contributed by atoms with E-state index in [1.807, 2.05) is 6.92 Å². The monoisotopic (exact) mass is 244 g/mol. The van der Waals surface area contributed by atoms with Crippen molar-refractivity contribution >= 4 is 12.0 Å². The summed E-state index contributed by atoms with van der Waals surface area (Å²) >= 11 is 0. The second-order valence-corrected chi connectivity index (χ2v) is 4.52. The minimum atomic E-state index is -0.975. The Morgan fingerprint density at radius 3 is 2.35 bits per heavy atom. The first kappa shape index (κ1) is 15.7. The van der Waals surface area contributed by atoms with Gasteiger partial charge in [0.25, 0.3) is 0 Å². The molecule has 0 saturated heterocycles. The van der Waals surface area contributed by atoms with Crippen molar-refractivity contribution in [3.05, 3.63) is 0 Å². The van der Waals surface area contributed by atoms with E-state index < -0.39 is 12.0 Å². The molecule has 0 aliphatic heterocycles. The van der Waals surface area contributed by atoms with Gasteiger partial charge in [-0.1, -0.05) is 33.6 Å². The van der Waals surface area contributed by atoms with Gasteiger partial charge < -0.3 is 15.3 Å². The van der Waals surface area contributed by atoms with Crippen LogP contribution in [0.5, 0.6) is 0 Å². The Kier molecular flexibility index (Phi) is 7.34. The molecule has 1 unspecified atom stereocenters. The zero-order valence-electron chi connectivity index (χ0n) is 11.2. The number of nitrogens with zero attached hydrogens (tertiary/aromatic N) is 1. The van der Waals surface area contributed by atoms with E-state index in [-0.39, 0.29) is 6.03 Å². The molecule has 2 N–H and O–H groups in total. The number of hydrogen-bond acceptors (Lipinski definition) is 2. The lowest BCUT2D eigenvalue weighted by atomic mass is 10.1. The molecule has 100 valence electrons. The predicted octanol–water partition coefficient (Wildman–Crippen LogP) is 1.93. The van der Waals surface area contributed by atoms with Crippen molar-refractivity contribution in [1.82, 2.24) is 10.2 Å². The maximum Gasteiger partial charge on any atom is 0.326 e. The standard InChI is InChI=1S/C12H24N2O3/c1-5-7-10(11(15)16)13-12(17)14(4)8-9(3)6-2/h9-10H,5-8H2,1-4H3,(H,13,17)(H,15,16)/t9?,10-/m0/s1. The van der Waals surface area contributed by atoms with Gasteiger partial charge in [0.2, 0.25) is 0 Å². The number of carboxylic acid groups (broad SMARTS) is 1. The van der Waals surface area contributed by atoms with Crippen LogP contribution in [-0.2, 0) is 4.79 Å². The third-order valence-corrected chi connectivity index (χ3v) is 2.80. The van der Waals surface area contributed by atoms with Gasteiger partial charge in [0.05, 0.1) is 0 Å². The molecule has 0 aromatic carbocycles. The van der Waals surface area contributed by atoms with Crippen LogP contribution < -0.4 is 5.32 Å². The van der Waals surface area contributed by atoms with Gasteiger partial charge in [-0.15, -0.1) is 0 Å². The largest absolute Gasteiger partial charge is 0.480 e. The number of urea groups is 1. The summed E-state index contributed by atoms with van der Waals surface area (Å²) in [6.07, 6.45) is 2.18. The molecule has 0 bridgehead atoms. The van der Waals surface area contributed by atoms with Crippen LogP contribution in [0.3, 0.4) is 0 Å². The molecule has 0 saturated carbocycles. The van der Waals surface area contributed by atoms with E-state index in [0.717, 1.165) is 12.8 Å². The predicted molar refractivity (Wildman–Crippen MR) is 66.9 cm³/mol. The lowest BCUT2D eigenvalue weighted by Gasteiger charge is -2.23. The van der Waals surface area contributed by atoms with Gasteiger partial charge in [-0.05, 0) is 12.3 Å². The minimum absolute atomic E-state index is 0.314. The smallest absolute Gasteiger partial charge is 0.326 e. The zero-order valence-corrected chi connectivity index (χ0v) is 11.2. The highest BCUT2D eigenvalue weighted by Crippen LogP contribution is 2.04. The van der Waals surface area contributed by atoms with Crippen LogP contribution >= 0.6 is 0 Å². The van der Waals surface area contributed by atoms with Gasteiger partial charge in [0.15, 0.2) is 0 Å². The lowest BCUT2D eigenvalue weighted by Crippen LogP contribution is -2.47. The van der Waals surface area contributed by atoms with Crippen LogP contribution in [0, 0.1) is 5.92 Å². The number of amides is 2. The lowest BCUT2D eigenvalue weighted by molar-refractivity contribution is -0.139. The molecule has 0 aromatic heterocycles. The fourth-order valence-corrected chi connectivity index (χ4v) is 1.48. The number of nitrogens with one attached hydrogen (secondary N) is 1. The van der Waals surface area contributed by atoms with Crippen LogP contribution in [0.25, 0.3) is 0 Å². The average molecular weight is 244 g/mol. The summed E-state index contributed by atoms with van der Waals surface area (Å²) in [5.74, 6) is -0.558. The summed E-state index contributed by atoms with van der Waals surface area (Å²) in [7, 11) is 1.69. The highest BCUT2D eigenvalue weighted by molar-refractivity contribution is 5.82. The van der Waals surface area contributed by atoms with Crippen LogP contribution in [0.4, 0.5) is 4.79 Å². The fraction of sp³-hybridized carbons (Fsp3) is 0.833. The molecule has 2 atom stereocenters. The van der Waals surface area contributed by atoms with E-state index in [2.05, 4.69) is 19.2 Å². The molecule has 17 heavy (non-hydrogen) atoms. The van der Waals surface area contributed by atoms with Gasteiger partial charge >= 0.3 is 12.0 Å². The number of aliphatic carboxylic acids is 1. The summed E-state index contributed by atoms with van der Waals surface area (Å²) < 4.78 is 0. The normalized spacial score (nSPS) is 13.9. The molecule has 0 fully saturated rings. The third-order valence-electron chi connectivity index (χ3n) is 2.80. The van der Waals surface area contributed by atoms with Crippen LogP contribution in [0.2, 0.25) is 0 Å². The molecule has 0 radical (unpaired) electrons. The molecule has 0 heterocycles. The maximum atomic E-state index is 11.7. The molecule has 0 aliphatic carbocycles. The zero-order chi connectivity index (χ0) is 13.4. The number of carbonyl (C=O) groups excluding carboxylic acids is 1. The quantitative estimate of drug-likeness (QED) is 0.719. The second-order valence-electron chi connectivity index (χ2n) is 4.52. The Labute approximate surface area is 103 Å². The van der Waals surface area contributed by atoms with Crippen molar-refractivity contribution in [1.29, 1.82) is 0 Å². The molecular weight excluding hydrogens is 220 g/mol. The Morgan fingerprint density at radius 1 is 1.35 bits per heavy atom. The van der Waals surface area contributed by atoms with Crippen molar-refractivity contribution in [2.24, 2.45) is 5.92 Å². The summed E-state index contributed by atoms with van der Waals surface area (Å²) in [5, 5.41) is 11.5. The Bertz CT molecular complexity index is 256. The van der Waals surface area contributed by atoms with Crippen molar-refractivity contribution in [2.75, 3.05) is 13.6 Å². The summed E-state index contributed by atoms with van der Waals surface area (Å²) in [4.78, 5) is 24.2. The van der Waals surface area contributed by atoms with Crippen LogP contribution in [-0.4, -0.2) is 41.6 Å². The number of carbonyl (C=O) groups is 2. The van der Waals surface area contributed by atoms with Crippen LogP contribution in [0.1, 0.15) is 40.0 Å². The first-order chi connectivity index (χ1) is 7.92. The topological polar surface area (TPSA) is 69.6 Å². The highest BCUT2D eigenvalue weighted by Gasteiger charge is 2.21. The van der Waals surface area contributed by atoms with Gasteiger partial charge in [-0.3, -0.25) is 0 Å². The average Bonchev–Trinajstić information content (AvgIpc) is 2.27. The number of hydrogen-bond donors (Lipinski definition) is 2. The molecule has 0 spiro atoms. The van der Waals surface area contributed by atoms with Gasteiger partial charge in [-0.25, -0.2) is 9.59 Å². The summed E-state index contributed by atoms with van der Waals surface area (Å²) in [6, 6.07) is -1.10. The van der Waals surface area contributed by atoms with Gasteiger partial charge in [0.1, 0.15) is 6.04 Å². The second kappa shape index (κ2) is 7.92. The van der Waals surface area contributed by atoms with Crippen LogP contribution in [0.15, 0.2) is 0 Å². The molecule has 0 rings (SSSR count). The Balaban J connectivity index is 4.25.